The number of anilines is 2. The average Bonchev–Trinajstić information content (AvgIpc) is 2.51. The van der Waals surface area contributed by atoms with Crippen molar-refractivity contribution in [2.24, 2.45) is 0 Å². The Bertz CT molecular complexity index is 720. The molecular weight excluding hydrogens is 316 g/mol. The highest BCUT2D eigenvalue weighted by Gasteiger charge is 2.27. The van der Waals surface area contributed by atoms with Gasteiger partial charge in [-0.25, -0.2) is 4.79 Å². The number of nitrogens with one attached hydrogen (secondary N) is 1. The zero-order valence-electron chi connectivity index (χ0n) is 12.5. The summed E-state index contributed by atoms with van der Waals surface area (Å²) in [6, 6.07) is 13.4. The number of para-hydroxylation sites is 1. The van der Waals surface area contributed by atoms with E-state index in [4.69, 9.17) is 11.6 Å². The van der Waals surface area contributed by atoms with Crippen LogP contribution in [0.1, 0.15) is 12.5 Å². The maximum atomic E-state index is 12.7. The van der Waals surface area contributed by atoms with Gasteiger partial charge in [0.25, 0.3) is 0 Å². The number of nitrogens with zero attached hydrogens (tertiary/aromatic N) is 1. The van der Waals surface area contributed by atoms with E-state index >= 15 is 0 Å². The lowest BCUT2D eigenvalue weighted by Gasteiger charge is -2.32. The van der Waals surface area contributed by atoms with E-state index in [0.29, 0.717) is 16.8 Å². The number of carbonyl (C=O) groups is 1. The van der Waals surface area contributed by atoms with E-state index in [0.717, 1.165) is 21.8 Å². The molecule has 1 atom stereocenters. The van der Waals surface area contributed by atoms with Crippen LogP contribution in [0.2, 0.25) is 5.02 Å². The maximum absolute atomic E-state index is 12.7. The van der Waals surface area contributed by atoms with E-state index in [1.54, 1.807) is 16.7 Å². The molecule has 1 unspecified atom stereocenters. The molecule has 22 heavy (non-hydrogen) atoms. The molecule has 1 N–H and O–H groups in total. The van der Waals surface area contributed by atoms with Crippen LogP contribution >= 0.6 is 23.4 Å². The van der Waals surface area contributed by atoms with Gasteiger partial charge in [0, 0.05) is 27.4 Å². The van der Waals surface area contributed by atoms with Crippen LogP contribution in [-0.2, 0) is 0 Å². The predicted molar refractivity (Wildman–Crippen MR) is 94.3 cm³/mol. The summed E-state index contributed by atoms with van der Waals surface area (Å²) in [5, 5.41) is 3.99. The summed E-state index contributed by atoms with van der Waals surface area (Å²) in [4.78, 5) is 15.6. The molecule has 0 aliphatic carbocycles. The second kappa shape index (κ2) is 6.23. The van der Waals surface area contributed by atoms with Gasteiger partial charge in [0.1, 0.15) is 0 Å². The fourth-order valence-electron chi connectivity index (χ4n) is 2.51. The molecule has 5 heteroatoms. The minimum Gasteiger partial charge on any atom is -0.307 e. The summed E-state index contributed by atoms with van der Waals surface area (Å²) in [5.74, 6) is 0. The van der Waals surface area contributed by atoms with Crippen LogP contribution in [0.15, 0.2) is 47.4 Å². The number of urea groups is 1. The molecule has 0 spiro atoms. The second-order valence-corrected chi connectivity index (χ2v) is 7.24. The number of hydrogen-bond acceptors (Lipinski definition) is 2. The molecule has 2 aromatic rings. The van der Waals surface area contributed by atoms with Crippen LogP contribution in [-0.4, -0.2) is 17.8 Å². The van der Waals surface area contributed by atoms with Gasteiger partial charge in [-0.3, -0.25) is 4.90 Å². The quantitative estimate of drug-likeness (QED) is 0.780. The number of rotatable bonds is 1. The lowest BCUT2D eigenvalue weighted by atomic mass is 10.2. The fourth-order valence-corrected chi connectivity index (χ4v) is 3.79. The molecule has 1 heterocycles. The molecule has 2 amide bonds. The number of carbonyl (C=O) groups excluding carboxylic acids is 1. The van der Waals surface area contributed by atoms with Crippen LogP contribution < -0.4 is 10.2 Å². The number of benzene rings is 2. The summed E-state index contributed by atoms with van der Waals surface area (Å²) in [5.41, 5.74) is 2.59. The molecule has 0 aromatic heterocycles. The predicted octanol–water partition coefficient (Wildman–Crippen LogP) is 5.18. The number of hydrogen-bond donors (Lipinski definition) is 1. The van der Waals surface area contributed by atoms with Gasteiger partial charge in [0.05, 0.1) is 5.69 Å². The van der Waals surface area contributed by atoms with Crippen molar-refractivity contribution in [1.29, 1.82) is 0 Å². The van der Waals surface area contributed by atoms with Crippen LogP contribution in [0.5, 0.6) is 0 Å². The Balaban J connectivity index is 1.88. The molecule has 3 rings (SSSR count). The van der Waals surface area contributed by atoms with Crippen LogP contribution in [0.4, 0.5) is 16.2 Å². The normalized spacial score (nSPS) is 17.0. The van der Waals surface area contributed by atoms with E-state index in [9.17, 15) is 4.79 Å². The third-order valence-corrected chi connectivity index (χ3v) is 5.24. The summed E-state index contributed by atoms with van der Waals surface area (Å²) < 4.78 is 0. The van der Waals surface area contributed by atoms with E-state index < -0.39 is 0 Å². The Kier molecular flexibility index (Phi) is 4.32. The SMILES string of the molecule is Cc1c(Cl)cccc1NC(=O)N1CC(C)Sc2ccccc21. The van der Waals surface area contributed by atoms with Crippen LogP contribution in [0, 0.1) is 6.92 Å². The Labute approximate surface area is 139 Å². The van der Waals surface area contributed by atoms with Crippen molar-refractivity contribution in [3.8, 4) is 0 Å². The monoisotopic (exact) mass is 332 g/mol. The fraction of sp³-hybridized carbons (Fsp3) is 0.235. The van der Waals surface area contributed by atoms with Crippen molar-refractivity contribution in [3.05, 3.63) is 53.1 Å². The van der Waals surface area contributed by atoms with Crippen molar-refractivity contribution in [1.82, 2.24) is 0 Å². The topological polar surface area (TPSA) is 32.3 Å². The molecule has 0 bridgehead atoms. The molecule has 0 saturated carbocycles. The summed E-state index contributed by atoms with van der Waals surface area (Å²) in [6.07, 6.45) is 0. The molecule has 1 aliphatic rings. The highest BCUT2D eigenvalue weighted by Crippen LogP contribution is 2.38. The lowest BCUT2D eigenvalue weighted by molar-refractivity contribution is 0.256. The van der Waals surface area contributed by atoms with Gasteiger partial charge in [0.15, 0.2) is 0 Å². The van der Waals surface area contributed by atoms with Crippen molar-refractivity contribution >= 4 is 40.8 Å². The number of halogens is 1. The zero-order chi connectivity index (χ0) is 15.7. The Morgan fingerprint density at radius 1 is 1.27 bits per heavy atom. The molecule has 0 radical (unpaired) electrons. The number of fused-ring (bicyclic) bond motifs is 1. The van der Waals surface area contributed by atoms with Crippen molar-refractivity contribution in [2.75, 3.05) is 16.8 Å². The summed E-state index contributed by atoms with van der Waals surface area (Å²) in [6.45, 7) is 4.72. The summed E-state index contributed by atoms with van der Waals surface area (Å²) >= 11 is 7.92. The Hall–Kier alpha value is -1.65. The third kappa shape index (κ3) is 2.94. The molecule has 3 nitrogen and oxygen atoms in total. The minimum absolute atomic E-state index is 0.120. The molecule has 114 valence electrons. The van der Waals surface area contributed by atoms with Crippen LogP contribution in [0.3, 0.4) is 0 Å². The lowest BCUT2D eigenvalue weighted by Crippen LogP contribution is -2.41. The first-order chi connectivity index (χ1) is 10.6. The smallest absolute Gasteiger partial charge is 0.307 e. The van der Waals surface area contributed by atoms with E-state index in [1.165, 1.54) is 0 Å². The number of thioether (sulfide) groups is 1. The average molecular weight is 333 g/mol. The molecular formula is C17H17ClN2OS. The highest BCUT2D eigenvalue weighted by atomic mass is 35.5. The highest BCUT2D eigenvalue weighted by molar-refractivity contribution is 8.00. The van der Waals surface area contributed by atoms with Gasteiger partial charge in [0.2, 0.25) is 0 Å². The first kappa shape index (κ1) is 15.3. The van der Waals surface area contributed by atoms with Gasteiger partial charge in [-0.15, -0.1) is 11.8 Å². The molecule has 0 saturated heterocycles. The largest absolute Gasteiger partial charge is 0.326 e. The molecule has 1 aliphatic heterocycles. The maximum Gasteiger partial charge on any atom is 0.326 e. The number of amides is 2. The van der Waals surface area contributed by atoms with Gasteiger partial charge >= 0.3 is 6.03 Å². The van der Waals surface area contributed by atoms with Gasteiger partial charge in [-0.1, -0.05) is 36.7 Å². The molecule has 0 fully saturated rings. The zero-order valence-corrected chi connectivity index (χ0v) is 14.0. The summed E-state index contributed by atoms with van der Waals surface area (Å²) in [7, 11) is 0. The van der Waals surface area contributed by atoms with Gasteiger partial charge < -0.3 is 5.32 Å². The van der Waals surface area contributed by atoms with E-state index in [2.05, 4.69) is 18.3 Å². The Morgan fingerprint density at radius 2 is 2.05 bits per heavy atom. The van der Waals surface area contributed by atoms with Crippen LogP contribution in [0.25, 0.3) is 0 Å². The van der Waals surface area contributed by atoms with E-state index in [-0.39, 0.29) is 6.03 Å². The van der Waals surface area contributed by atoms with Gasteiger partial charge in [-0.05, 0) is 36.8 Å². The standard InChI is InChI=1S/C17H17ClN2OS/c1-11-10-20(15-8-3-4-9-16(15)22-11)17(21)19-14-7-5-6-13(18)12(14)2/h3-9,11H,10H2,1-2H3,(H,19,21). The third-order valence-electron chi connectivity index (χ3n) is 3.68. The van der Waals surface area contributed by atoms with Crippen molar-refractivity contribution in [2.45, 2.75) is 24.0 Å². The van der Waals surface area contributed by atoms with E-state index in [1.807, 2.05) is 43.3 Å². The molecule has 2 aromatic carbocycles. The minimum atomic E-state index is -0.120. The van der Waals surface area contributed by atoms with Gasteiger partial charge in [-0.2, -0.15) is 0 Å². The Morgan fingerprint density at radius 3 is 2.86 bits per heavy atom. The second-order valence-electron chi connectivity index (χ2n) is 5.35. The first-order valence-corrected chi connectivity index (χ1v) is 8.41. The van der Waals surface area contributed by atoms with Crippen molar-refractivity contribution < 1.29 is 4.79 Å². The first-order valence-electron chi connectivity index (χ1n) is 7.15. The van der Waals surface area contributed by atoms with Crippen molar-refractivity contribution in [3.63, 3.8) is 0 Å².